The molecule has 0 aliphatic rings. The van der Waals surface area contributed by atoms with E-state index in [1.807, 2.05) is 17.5 Å². The van der Waals surface area contributed by atoms with E-state index in [2.05, 4.69) is 10.7 Å². The Hall–Kier alpha value is -3.92. The summed E-state index contributed by atoms with van der Waals surface area (Å²) in [5.74, 6) is -3.29. The monoisotopic (exact) mass is 455 g/mol. The highest BCUT2D eigenvalue weighted by molar-refractivity contribution is 7.13. The van der Waals surface area contributed by atoms with E-state index >= 15 is 0 Å². The second kappa shape index (κ2) is 10.4. The zero-order valence-corrected chi connectivity index (χ0v) is 18.0. The van der Waals surface area contributed by atoms with E-state index in [-0.39, 0.29) is 19.4 Å². The van der Waals surface area contributed by atoms with Gasteiger partial charge in [0.15, 0.2) is 0 Å². The van der Waals surface area contributed by atoms with Crippen molar-refractivity contribution in [3.8, 4) is 10.6 Å². The van der Waals surface area contributed by atoms with Crippen molar-refractivity contribution in [1.29, 1.82) is 0 Å². The van der Waals surface area contributed by atoms with Crippen LogP contribution in [-0.2, 0) is 25.5 Å². The third kappa shape index (κ3) is 5.61. The van der Waals surface area contributed by atoms with Gasteiger partial charge in [0.1, 0.15) is 0 Å². The number of amides is 2. The number of carboxylic acid groups (broad SMARTS) is 1. The molecule has 3 aromatic rings. The molecule has 3 rings (SSSR count). The number of aryl methyl sites for hydroxylation is 1. The van der Waals surface area contributed by atoms with E-state index in [9.17, 15) is 19.2 Å². The summed E-state index contributed by atoms with van der Waals surface area (Å²) < 4.78 is 6.34. The summed E-state index contributed by atoms with van der Waals surface area (Å²) >= 11 is 1.45. The van der Waals surface area contributed by atoms with Crippen LogP contribution in [0.15, 0.2) is 53.9 Å². The van der Waals surface area contributed by atoms with Crippen molar-refractivity contribution in [2.45, 2.75) is 19.8 Å². The number of carbonyl (C=O) groups excluding carboxylic acids is 3. The number of carboxylic acids is 1. The van der Waals surface area contributed by atoms with Crippen LogP contribution in [0.3, 0.4) is 0 Å². The third-order valence-corrected chi connectivity index (χ3v) is 5.30. The van der Waals surface area contributed by atoms with Gasteiger partial charge in [-0.2, -0.15) is 0 Å². The second-order valence-electron chi connectivity index (χ2n) is 6.61. The molecule has 3 N–H and O–H groups in total. The first kappa shape index (κ1) is 22.8. The van der Waals surface area contributed by atoms with Gasteiger partial charge in [-0.3, -0.25) is 24.5 Å². The molecule has 0 radical (unpaired) electrons. The molecular formula is C22H21N3O6S. The van der Waals surface area contributed by atoms with Crippen molar-refractivity contribution in [1.82, 2.24) is 4.68 Å². The molecule has 2 heterocycles. The molecule has 0 saturated carbocycles. The summed E-state index contributed by atoms with van der Waals surface area (Å²) in [6.45, 7) is 1.95. The topological polar surface area (TPSA) is 127 Å². The quantitative estimate of drug-likeness (QED) is 0.354. The fraction of sp³-hybridized carbons (Fsp3) is 0.182. The van der Waals surface area contributed by atoms with Gasteiger partial charge in [-0.25, -0.2) is 4.79 Å². The van der Waals surface area contributed by atoms with Gasteiger partial charge < -0.3 is 15.2 Å². The molecular weight excluding hydrogens is 434 g/mol. The molecule has 0 atom stereocenters. The molecule has 0 bridgehead atoms. The Morgan fingerprint density at radius 1 is 1.03 bits per heavy atom. The predicted molar refractivity (Wildman–Crippen MR) is 119 cm³/mol. The molecule has 2 aromatic heterocycles. The standard InChI is InChI=1S/C22H21N3O6S/c1-2-31-22(30)14-5-7-15(8-6-14)23-20(28)21(29)24-25-16(10-12-19(26)27)9-11-17(25)18-4-3-13-32-18/h3-9,11,13H,2,10,12H2,1H3,(H,23,28)(H,24,29)(H,26,27). The lowest BCUT2D eigenvalue weighted by Gasteiger charge is -2.14. The van der Waals surface area contributed by atoms with Gasteiger partial charge in [0.05, 0.1) is 29.2 Å². The van der Waals surface area contributed by atoms with Gasteiger partial charge in [0, 0.05) is 17.8 Å². The summed E-state index contributed by atoms with van der Waals surface area (Å²) in [6.07, 6.45) is 0.0563. The van der Waals surface area contributed by atoms with Gasteiger partial charge in [0.25, 0.3) is 0 Å². The minimum Gasteiger partial charge on any atom is -0.481 e. The molecule has 0 unspecified atom stereocenters. The lowest BCUT2D eigenvalue weighted by molar-refractivity contribution is -0.137. The molecule has 0 aliphatic heterocycles. The lowest BCUT2D eigenvalue weighted by atomic mass is 10.2. The van der Waals surface area contributed by atoms with E-state index in [4.69, 9.17) is 9.84 Å². The SMILES string of the molecule is CCOC(=O)c1ccc(NC(=O)C(=O)Nn2c(CCC(=O)O)ccc2-c2cccs2)cc1. The average Bonchev–Trinajstić information content (AvgIpc) is 3.42. The largest absolute Gasteiger partial charge is 0.481 e. The number of nitrogens with one attached hydrogen (secondary N) is 2. The van der Waals surface area contributed by atoms with Crippen molar-refractivity contribution in [3.05, 3.63) is 65.2 Å². The van der Waals surface area contributed by atoms with E-state index in [0.717, 1.165) is 4.88 Å². The fourth-order valence-electron chi connectivity index (χ4n) is 2.90. The Balaban J connectivity index is 1.73. The van der Waals surface area contributed by atoms with E-state index in [1.165, 1.54) is 40.3 Å². The van der Waals surface area contributed by atoms with Crippen LogP contribution in [0, 0.1) is 0 Å². The summed E-state index contributed by atoms with van der Waals surface area (Å²) in [5.41, 5.74) is 4.39. The minimum absolute atomic E-state index is 0.122. The van der Waals surface area contributed by atoms with Crippen LogP contribution in [-0.4, -0.2) is 40.1 Å². The van der Waals surface area contributed by atoms with Crippen LogP contribution in [0.2, 0.25) is 0 Å². The molecule has 0 fully saturated rings. The Morgan fingerprint density at radius 2 is 1.78 bits per heavy atom. The minimum atomic E-state index is -0.967. The summed E-state index contributed by atoms with van der Waals surface area (Å²) in [7, 11) is 0. The Kier molecular flexibility index (Phi) is 7.40. The highest BCUT2D eigenvalue weighted by Crippen LogP contribution is 2.26. The van der Waals surface area contributed by atoms with Gasteiger partial charge in [-0.15, -0.1) is 11.3 Å². The molecule has 10 heteroatoms. The fourth-order valence-corrected chi connectivity index (χ4v) is 3.64. The molecule has 0 saturated heterocycles. The Morgan fingerprint density at radius 3 is 2.41 bits per heavy atom. The van der Waals surface area contributed by atoms with Crippen LogP contribution in [0.5, 0.6) is 0 Å². The number of rotatable bonds is 8. The number of hydrogen-bond donors (Lipinski definition) is 3. The van der Waals surface area contributed by atoms with E-state index in [1.54, 1.807) is 19.1 Å². The van der Waals surface area contributed by atoms with Crippen LogP contribution in [0.1, 0.15) is 29.4 Å². The number of ether oxygens (including phenoxy) is 1. The van der Waals surface area contributed by atoms with E-state index in [0.29, 0.717) is 22.6 Å². The zero-order chi connectivity index (χ0) is 23.1. The van der Waals surface area contributed by atoms with Crippen molar-refractivity contribution >= 4 is 40.8 Å². The van der Waals surface area contributed by atoms with Gasteiger partial charge >= 0.3 is 23.8 Å². The predicted octanol–water partition coefficient (Wildman–Crippen LogP) is 3.12. The third-order valence-electron chi connectivity index (χ3n) is 4.40. The average molecular weight is 455 g/mol. The highest BCUT2D eigenvalue weighted by atomic mass is 32.1. The first-order chi connectivity index (χ1) is 15.4. The van der Waals surface area contributed by atoms with Crippen molar-refractivity contribution in [2.24, 2.45) is 0 Å². The second-order valence-corrected chi connectivity index (χ2v) is 7.56. The number of thiophene rings is 1. The summed E-state index contributed by atoms with van der Waals surface area (Å²) in [6, 6.07) is 13.1. The Bertz CT molecular complexity index is 1120. The van der Waals surface area contributed by atoms with Crippen molar-refractivity contribution in [3.63, 3.8) is 0 Å². The molecule has 166 valence electrons. The molecule has 1 aromatic carbocycles. The molecule has 32 heavy (non-hydrogen) atoms. The number of aromatic nitrogens is 1. The van der Waals surface area contributed by atoms with Gasteiger partial charge in [-0.1, -0.05) is 6.07 Å². The lowest BCUT2D eigenvalue weighted by Crippen LogP contribution is -2.35. The van der Waals surface area contributed by atoms with Crippen molar-refractivity contribution < 1.29 is 29.0 Å². The maximum Gasteiger partial charge on any atom is 0.338 e. The maximum absolute atomic E-state index is 12.6. The number of carbonyl (C=O) groups is 4. The van der Waals surface area contributed by atoms with E-state index < -0.39 is 23.8 Å². The van der Waals surface area contributed by atoms with Crippen LogP contribution >= 0.6 is 11.3 Å². The molecule has 0 spiro atoms. The highest BCUT2D eigenvalue weighted by Gasteiger charge is 2.19. The van der Waals surface area contributed by atoms with Crippen LogP contribution in [0.4, 0.5) is 5.69 Å². The molecule has 9 nitrogen and oxygen atoms in total. The van der Waals surface area contributed by atoms with Gasteiger partial charge in [-0.05, 0) is 54.8 Å². The zero-order valence-electron chi connectivity index (χ0n) is 17.2. The summed E-state index contributed by atoms with van der Waals surface area (Å²) in [4.78, 5) is 48.5. The summed E-state index contributed by atoms with van der Waals surface area (Å²) in [5, 5.41) is 13.3. The normalized spacial score (nSPS) is 10.4. The number of benzene rings is 1. The number of aliphatic carboxylic acids is 1. The smallest absolute Gasteiger partial charge is 0.338 e. The number of hydrogen-bond acceptors (Lipinski definition) is 6. The Labute approximate surface area is 187 Å². The first-order valence-corrected chi connectivity index (χ1v) is 10.6. The number of nitrogens with zero attached hydrogens (tertiary/aromatic N) is 1. The first-order valence-electron chi connectivity index (χ1n) is 9.75. The van der Waals surface area contributed by atoms with Crippen LogP contribution < -0.4 is 10.7 Å². The van der Waals surface area contributed by atoms with Gasteiger partial charge in [0.2, 0.25) is 0 Å². The van der Waals surface area contributed by atoms with Crippen LogP contribution in [0.25, 0.3) is 10.6 Å². The number of esters is 1. The maximum atomic E-state index is 12.6. The van der Waals surface area contributed by atoms with Crippen molar-refractivity contribution in [2.75, 3.05) is 17.3 Å². The molecule has 0 aliphatic carbocycles. The molecule has 2 amide bonds. The number of anilines is 1.